The highest BCUT2D eigenvalue weighted by Gasteiger charge is 2.22. The summed E-state index contributed by atoms with van der Waals surface area (Å²) < 4.78 is 5.40. The van der Waals surface area contributed by atoms with Crippen LogP contribution in [0.1, 0.15) is 40.3 Å². The first-order valence-electron chi connectivity index (χ1n) is 11.8. The summed E-state index contributed by atoms with van der Waals surface area (Å²) in [6.45, 7) is 2.95. The number of likely N-dealkylation sites (N-methyl/N-ethyl adjacent to an activating group) is 1. The van der Waals surface area contributed by atoms with Crippen molar-refractivity contribution in [2.24, 2.45) is 4.99 Å². The number of thiol groups is 1. The number of nitrogens with one attached hydrogen (secondary N) is 2. The summed E-state index contributed by atoms with van der Waals surface area (Å²) in [6, 6.07) is 14.2. The zero-order valence-electron chi connectivity index (χ0n) is 20.0. The fraction of sp³-hybridized carbons (Fsp3) is 0.346. The lowest BCUT2D eigenvalue weighted by Crippen LogP contribution is -2.29. The summed E-state index contributed by atoms with van der Waals surface area (Å²) in [7, 11) is 1.80. The molecule has 2 aliphatic rings. The van der Waals surface area contributed by atoms with Gasteiger partial charge in [-0.25, -0.2) is 4.98 Å². The van der Waals surface area contributed by atoms with Gasteiger partial charge >= 0.3 is 0 Å². The van der Waals surface area contributed by atoms with Crippen LogP contribution in [0.2, 0.25) is 10.0 Å². The van der Waals surface area contributed by atoms with Crippen LogP contribution in [0.25, 0.3) is 0 Å². The van der Waals surface area contributed by atoms with E-state index >= 15 is 0 Å². The molecule has 0 atom stereocenters. The average Bonchev–Trinajstić information content (AvgIpc) is 3.34. The van der Waals surface area contributed by atoms with Crippen LogP contribution >= 0.6 is 35.8 Å². The first kappa shape index (κ1) is 26.5. The minimum Gasteiger partial charge on any atom is -0.447 e. The molecule has 1 aliphatic heterocycles. The third-order valence-electron chi connectivity index (χ3n) is 5.81. The molecule has 0 spiro atoms. The predicted octanol–water partition coefficient (Wildman–Crippen LogP) is 4.87. The summed E-state index contributed by atoms with van der Waals surface area (Å²) >= 11 is 15.4. The Morgan fingerprint density at radius 3 is 2.53 bits per heavy atom. The predicted molar refractivity (Wildman–Crippen MR) is 147 cm³/mol. The number of nitrogens with zero attached hydrogens (tertiary/aromatic N) is 3. The summed E-state index contributed by atoms with van der Waals surface area (Å²) in [5.41, 5.74) is 2.66. The maximum absolute atomic E-state index is 12.5. The first-order valence-corrected chi connectivity index (χ1v) is 13.0. The second-order valence-electron chi connectivity index (χ2n) is 8.68. The third kappa shape index (κ3) is 7.49. The lowest BCUT2D eigenvalue weighted by Gasteiger charge is -2.15. The van der Waals surface area contributed by atoms with Crippen LogP contribution in [0.3, 0.4) is 0 Å². The van der Waals surface area contributed by atoms with Gasteiger partial charge in [0.05, 0.1) is 23.1 Å². The molecular weight excluding hydrogens is 517 g/mol. The molecule has 0 radical (unpaired) electrons. The Morgan fingerprint density at radius 1 is 1.19 bits per heavy atom. The number of rotatable bonds is 8. The van der Waals surface area contributed by atoms with Crippen LogP contribution in [0.5, 0.6) is 0 Å². The summed E-state index contributed by atoms with van der Waals surface area (Å²) in [4.78, 5) is 23.6. The Kier molecular flexibility index (Phi) is 9.31. The Bertz CT molecular complexity index is 1190. The lowest BCUT2D eigenvalue weighted by molar-refractivity contribution is 0.0790. The van der Waals surface area contributed by atoms with Crippen LogP contribution in [-0.4, -0.2) is 54.4 Å². The quantitative estimate of drug-likeness (QED) is 0.351. The summed E-state index contributed by atoms with van der Waals surface area (Å²) in [5, 5.41) is 7.78. The fourth-order valence-corrected chi connectivity index (χ4v) is 4.06. The molecular formula is C26H29Cl2N5O2S. The van der Waals surface area contributed by atoms with Gasteiger partial charge < -0.3 is 20.0 Å². The summed E-state index contributed by atoms with van der Waals surface area (Å²) in [6.07, 6.45) is 4.66. The largest absolute Gasteiger partial charge is 0.447 e. The Labute approximate surface area is 226 Å². The smallest absolute Gasteiger partial charge is 0.275 e. The van der Waals surface area contributed by atoms with Crippen LogP contribution < -0.4 is 10.6 Å². The topological polar surface area (TPSA) is 82.8 Å². The van der Waals surface area contributed by atoms with Crippen LogP contribution in [0, 0.1) is 0 Å². The number of carbonyl (C=O) groups is 1. The first-order chi connectivity index (χ1) is 17.4. The van der Waals surface area contributed by atoms with Crippen molar-refractivity contribution in [1.82, 2.24) is 20.5 Å². The molecule has 1 amide bonds. The molecule has 2 heterocycles. The van der Waals surface area contributed by atoms with E-state index in [2.05, 4.69) is 57.5 Å². The minimum absolute atomic E-state index is 0.113. The zero-order valence-corrected chi connectivity index (χ0v) is 22.4. The molecule has 3 aromatic rings. The van der Waals surface area contributed by atoms with Gasteiger partial charge in [-0.1, -0.05) is 53.5 Å². The van der Waals surface area contributed by atoms with Gasteiger partial charge in [-0.2, -0.15) is 0 Å². The zero-order chi connectivity index (χ0) is 25.5. The van der Waals surface area contributed by atoms with Gasteiger partial charge in [-0.3, -0.25) is 9.79 Å². The standard InChI is InChI=1S/C20H25N5O2.C6H4Cl2S/c1-25(20(26)17-13-27-18(24-17)12-23-16-6-7-16)11-8-14-2-4-15(5-3-14)19-21-9-10-22-19;7-4-2-1-3-5(8)6(4)9/h2-5,13,16,23H,6-12H2,1H3,(H,21,22);1-3,9H. The van der Waals surface area contributed by atoms with E-state index in [1.165, 1.54) is 24.7 Å². The number of hydrogen-bond acceptors (Lipinski definition) is 7. The normalized spacial score (nSPS) is 14.5. The highest BCUT2D eigenvalue weighted by atomic mass is 35.5. The molecule has 7 nitrogen and oxygen atoms in total. The van der Waals surface area contributed by atoms with E-state index in [0.717, 1.165) is 30.9 Å². The van der Waals surface area contributed by atoms with E-state index in [0.29, 0.717) is 45.7 Å². The maximum Gasteiger partial charge on any atom is 0.275 e. The number of aromatic nitrogens is 1. The maximum atomic E-state index is 12.5. The van der Waals surface area contributed by atoms with Crippen LogP contribution in [0.4, 0.5) is 0 Å². The van der Waals surface area contributed by atoms with Crippen molar-refractivity contribution in [3.05, 3.63) is 81.5 Å². The number of hydrogen-bond donors (Lipinski definition) is 3. The minimum atomic E-state index is -0.113. The van der Waals surface area contributed by atoms with E-state index in [-0.39, 0.29) is 5.91 Å². The van der Waals surface area contributed by atoms with Gasteiger partial charge in [0.1, 0.15) is 12.1 Å². The molecule has 1 fully saturated rings. The van der Waals surface area contributed by atoms with E-state index < -0.39 is 0 Å². The van der Waals surface area contributed by atoms with E-state index in [1.54, 1.807) is 30.1 Å². The molecule has 5 rings (SSSR count). The molecule has 0 unspecified atom stereocenters. The third-order valence-corrected chi connectivity index (χ3v) is 7.19. The highest BCUT2D eigenvalue weighted by molar-refractivity contribution is 7.80. The van der Waals surface area contributed by atoms with E-state index in [1.807, 2.05) is 0 Å². The Morgan fingerprint density at radius 2 is 1.92 bits per heavy atom. The SMILES string of the molecule is CN(CCc1ccc(C2=NCCN2)cc1)C(=O)c1coc(CNC2CC2)n1.Sc1c(Cl)cccc1Cl. The number of halogens is 2. The van der Waals surface area contributed by atoms with Crippen LogP contribution in [-0.2, 0) is 13.0 Å². The van der Waals surface area contributed by atoms with Crippen molar-refractivity contribution in [2.45, 2.75) is 36.7 Å². The Hall–Kier alpha value is -2.52. The van der Waals surface area contributed by atoms with Crippen molar-refractivity contribution in [3.8, 4) is 0 Å². The van der Waals surface area contributed by atoms with E-state index in [4.69, 9.17) is 27.6 Å². The van der Waals surface area contributed by atoms with Gasteiger partial charge in [0.2, 0.25) is 5.89 Å². The van der Waals surface area contributed by atoms with Gasteiger partial charge in [-0.05, 0) is 37.0 Å². The second-order valence-corrected chi connectivity index (χ2v) is 9.94. The average molecular weight is 547 g/mol. The number of aliphatic imine (C=N–C) groups is 1. The monoisotopic (exact) mass is 545 g/mol. The highest BCUT2D eigenvalue weighted by Crippen LogP contribution is 2.27. The number of carbonyl (C=O) groups excluding carboxylic acids is 1. The molecule has 2 N–H and O–H groups in total. The molecule has 190 valence electrons. The molecule has 36 heavy (non-hydrogen) atoms. The van der Waals surface area contributed by atoms with Gasteiger partial charge in [-0.15, -0.1) is 12.6 Å². The number of oxazole rings is 1. The number of benzene rings is 2. The van der Waals surface area contributed by atoms with Crippen molar-refractivity contribution in [1.29, 1.82) is 0 Å². The fourth-order valence-electron chi connectivity index (χ4n) is 3.51. The number of amidine groups is 1. The van der Waals surface area contributed by atoms with Gasteiger partial charge in [0.15, 0.2) is 5.69 Å². The van der Waals surface area contributed by atoms with Gasteiger partial charge in [0.25, 0.3) is 5.91 Å². The molecule has 1 saturated carbocycles. The molecule has 1 aromatic heterocycles. The number of amides is 1. The van der Waals surface area contributed by atoms with E-state index in [9.17, 15) is 4.79 Å². The second kappa shape index (κ2) is 12.6. The van der Waals surface area contributed by atoms with Gasteiger partial charge in [0, 0.05) is 36.6 Å². The molecule has 1 aliphatic carbocycles. The lowest BCUT2D eigenvalue weighted by atomic mass is 10.1. The van der Waals surface area contributed by atoms with Crippen molar-refractivity contribution in [2.75, 3.05) is 26.7 Å². The molecule has 10 heteroatoms. The molecule has 2 aromatic carbocycles. The molecule has 0 bridgehead atoms. The van der Waals surface area contributed by atoms with Crippen molar-refractivity contribution >= 4 is 47.6 Å². The Balaban J connectivity index is 0.000000286. The van der Waals surface area contributed by atoms with Crippen molar-refractivity contribution in [3.63, 3.8) is 0 Å². The van der Waals surface area contributed by atoms with Crippen molar-refractivity contribution < 1.29 is 9.21 Å². The summed E-state index contributed by atoms with van der Waals surface area (Å²) in [5.74, 6) is 1.42. The van der Waals surface area contributed by atoms with Crippen LogP contribution in [0.15, 0.2) is 63.0 Å². The molecule has 0 saturated heterocycles.